The highest BCUT2D eigenvalue weighted by molar-refractivity contribution is 6.76. The van der Waals surface area contributed by atoms with Crippen molar-refractivity contribution in [2.75, 3.05) is 0 Å². The van der Waals surface area contributed by atoms with Gasteiger partial charge in [0.25, 0.3) is 0 Å². The molecule has 0 heterocycles. The van der Waals surface area contributed by atoms with Crippen molar-refractivity contribution in [3.63, 3.8) is 0 Å². The standard InChI is InChI=1S/C18H32OSi/c1-9-20(7,8)19-16(4)14(2)10-12-17-13-11-15(3)18(17,5)6/h9-12,14,16-17H,1,13H2,2-8H3/b12-10-. The van der Waals surface area contributed by atoms with E-state index in [-0.39, 0.29) is 6.10 Å². The predicted octanol–water partition coefficient (Wildman–Crippen LogP) is 5.51. The first kappa shape index (κ1) is 17.4. The van der Waals surface area contributed by atoms with Gasteiger partial charge in [-0.25, -0.2) is 0 Å². The van der Waals surface area contributed by atoms with E-state index in [1.165, 1.54) is 12.0 Å². The highest BCUT2D eigenvalue weighted by Crippen LogP contribution is 2.43. The SMILES string of the molecule is C=C[Si](C)(C)OC(C)C(C)/C=C\C1CC=C(C)C1(C)C. The quantitative estimate of drug-likeness (QED) is 0.463. The molecule has 0 amide bonds. The second-order valence-corrected chi connectivity index (χ2v) is 11.2. The smallest absolute Gasteiger partial charge is 0.210 e. The molecular formula is C18H32OSi. The Kier molecular flexibility index (Phi) is 5.62. The molecule has 114 valence electrons. The third-order valence-corrected chi connectivity index (χ3v) is 6.95. The molecule has 1 nitrogen and oxygen atoms in total. The Morgan fingerprint density at radius 2 is 2.00 bits per heavy atom. The molecule has 0 aromatic carbocycles. The molecule has 0 saturated heterocycles. The predicted molar refractivity (Wildman–Crippen MR) is 92.2 cm³/mol. The van der Waals surface area contributed by atoms with E-state index in [1.54, 1.807) is 0 Å². The van der Waals surface area contributed by atoms with Crippen LogP contribution < -0.4 is 0 Å². The first-order valence-electron chi connectivity index (χ1n) is 7.77. The van der Waals surface area contributed by atoms with Gasteiger partial charge in [0.05, 0.1) is 0 Å². The minimum Gasteiger partial charge on any atom is -0.410 e. The molecule has 20 heavy (non-hydrogen) atoms. The van der Waals surface area contributed by atoms with Crippen molar-refractivity contribution in [3.8, 4) is 0 Å². The zero-order valence-corrected chi connectivity index (χ0v) is 15.4. The minimum absolute atomic E-state index is 0.254. The lowest BCUT2D eigenvalue weighted by atomic mass is 9.77. The van der Waals surface area contributed by atoms with Crippen molar-refractivity contribution in [2.45, 2.75) is 60.2 Å². The molecular weight excluding hydrogens is 260 g/mol. The molecule has 1 rings (SSSR count). The van der Waals surface area contributed by atoms with E-state index in [9.17, 15) is 0 Å². The van der Waals surface area contributed by atoms with Crippen LogP contribution in [0.25, 0.3) is 0 Å². The number of hydrogen-bond acceptors (Lipinski definition) is 1. The van der Waals surface area contributed by atoms with Gasteiger partial charge in [-0.15, -0.1) is 6.58 Å². The third kappa shape index (κ3) is 4.19. The fraction of sp³-hybridized carbons (Fsp3) is 0.667. The summed E-state index contributed by atoms with van der Waals surface area (Å²) in [5.74, 6) is 1.07. The first-order chi connectivity index (χ1) is 9.10. The van der Waals surface area contributed by atoms with Crippen LogP contribution in [0, 0.1) is 17.3 Å². The maximum absolute atomic E-state index is 6.19. The van der Waals surface area contributed by atoms with Gasteiger partial charge in [0.1, 0.15) is 0 Å². The van der Waals surface area contributed by atoms with E-state index < -0.39 is 8.32 Å². The average molecular weight is 293 g/mol. The van der Waals surface area contributed by atoms with Gasteiger partial charge in [-0.2, -0.15) is 0 Å². The summed E-state index contributed by atoms with van der Waals surface area (Å²) in [5.41, 5.74) is 3.83. The van der Waals surface area contributed by atoms with Crippen LogP contribution >= 0.6 is 0 Å². The Bertz CT molecular complexity index is 404. The topological polar surface area (TPSA) is 9.23 Å². The molecule has 1 aliphatic rings. The van der Waals surface area contributed by atoms with Crippen molar-refractivity contribution in [1.29, 1.82) is 0 Å². The Morgan fingerprint density at radius 1 is 1.40 bits per heavy atom. The molecule has 0 bridgehead atoms. The summed E-state index contributed by atoms with van der Waals surface area (Å²) in [6.07, 6.45) is 8.55. The molecule has 3 atom stereocenters. The van der Waals surface area contributed by atoms with Crippen LogP contribution in [-0.4, -0.2) is 14.4 Å². The average Bonchev–Trinajstić information content (AvgIpc) is 2.61. The lowest BCUT2D eigenvalue weighted by Gasteiger charge is -2.29. The zero-order valence-electron chi connectivity index (χ0n) is 14.4. The van der Waals surface area contributed by atoms with Gasteiger partial charge in [-0.3, -0.25) is 0 Å². The molecule has 0 N–H and O–H groups in total. The van der Waals surface area contributed by atoms with Gasteiger partial charge >= 0.3 is 0 Å². The monoisotopic (exact) mass is 292 g/mol. The normalized spacial score (nSPS) is 25.6. The van der Waals surface area contributed by atoms with E-state index in [0.29, 0.717) is 17.3 Å². The van der Waals surface area contributed by atoms with Crippen LogP contribution in [0.5, 0.6) is 0 Å². The summed E-state index contributed by atoms with van der Waals surface area (Å²) in [6, 6.07) is 0. The highest BCUT2D eigenvalue weighted by Gasteiger charge is 2.33. The van der Waals surface area contributed by atoms with Crippen LogP contribution in [0.15, 0.2) is 36.1 Å². The largest absolute Gasteiger partial charge is 0.410 e. The molecule has 0 spiro atoms. The lowest BCUT2D eigenvalue weighted by Crippen LogP contribution is -2.34. The fourth-order valence-corrected chi connectivity index (χ4v) is 3.84. The van der Waals surface area contributed by atoms with Crippen molar-refractivity contribution >= 4 is 8.32 Å². The van der Waals surface area contributed by atoms with Crippen LogP contribution in [0.2, 0.25) is 13.1 Å². The Morgan fingerprint density at radius 3 is 2.45 bits per heavy atom. The maximum atomic E-state index is 6.19. The summed E-state index contributed by atoms with van der Waals surface area (Å²) >= 11 is 0. The summed E-state index contributed by atoms with van der Waals surface area (Å²) in [7, 11) is -1.68. The second-order valence-electron chi connectivity index (χ2n) is 7.33. The van der Waals surface area contributed by atoms with Crippen molar-refractivity contribution in [1.82, 2.24) is 0 Å². The minimum atomic E-state index is -1.68. The zero-order chi connectivity index (χ0) is 15.6. The van der Waals surface area contributed by atoms with Gasteiger partial charge in [-0.05, 0) is 50.6 Å². The van der Waals surface area contributed by atoms with Crippen molar-refractivity contribution < 1.29 is 4.43 Å². The third-order valence-electron chi connectivity index (χ3n) is 4.99. The first-order valence-corrected chi connectivity index (χ1v) is 10.8. The number of rotatable bonds is 6. The Balaban J connectivity index is 2.61. The maximum Gasteiger partial charge on any atom is 0.210 e. The summed E-state index contributed by atoms with van der Waals surface area (Å²) in [4.78, 5) is 0. The Hall–Kier alpha value is -0.603. The number of allylic oxidation sites excluding steroid dienone is 3. The Labute approximate surface area is 126 Å². The van der Waals surface area contributed by atoms with Gasteiger partial charge < -0.3 is 4.43 Å². The van der Waals surface area contributed by atoms with Crippen molar-refractivity contribution in [3.05, 3.63) is 36.1 Å². The molecule has 0 saturated carbocycles. The molecule has 1 aliphatic carbocycles. The van der Waals surface area contributed by atoms with Crippen LogP contribution in [0.4, 0.5) is 0 Å². The number of hydrogen-bond donors (Lipinski definition) is 0. The second kappa shape index (κ2) is 6.44. The van der Waals surface area contributed by atoms with E-state index in [4.69, 9.17) is 4.43 Å². The fourth-order valence-electron chi connectivity index (χ4n) is 2.57. The molecule has 0 radical (unpaired) electrons. The highest BCUT2D eigenvalue weighted by atomic mass is 28.4. The summed E-state index contributed by atoms with van der Waals surface area (Å²) in [5, 5.41) is 0. The van der Waals surface area contributed by atoms with E-state index in [0.717, 1.165) is 0 Å². The van der Waals surface area contributed by atoms with Gasteiger partial charge in [0.2, 0.25) is 8.32 Å². The van der Waals surface area contributed by atoms with Crippen LogP contribution in [-0.2, 0) is 4.43 Å². The molecule has 3 unspecified atom stereocenters. The van der Waals surface area contributed by atoms with Crippen molar-refractivity contribution in [2.24, 2.45) is 17.3 Å². The van der Waals surface area contributed by atoms with E-state index in [1.807, 2.05) is 5.70 Å². The lowest BCUT2D eigenvalue weighted by molar-refractivity contribution is 0.177. The molecule has 0 fully saturated rings. The molecule has 0 aromatic heterocycles. The van der Waals surface area contributed by atoms with E-state index >= 15 is 0 Å². The van der Waals surface area contributed by atoms with Crippen LogP contribution in [0.3, 0.4) is 0 Å². The molecule has 0 aliphatic heterocycles. The molecule has 2 heteroatoms. The van der Waals surface area contributed by atoms with Gasteiger partial charge in [0, 0.05) is 6.10 Å². The summed E-state index contributed by atoms with van der Waals surface area (Å²) in [6.45, 7) is 19.7. The van der Waals surface area contributed by atoms with Gasteiger partial charge in [0.15, 0.2) is 0 Å². The molecule has 0 aromatic rings. The summed E-state index contributed by atoms with van der Waals surface area (Å²) < 4.78 is 6.19. The van der Waals surface area contributed by atoms with E-state index in [2.05, 4.69) is 72.5 Å². The van der Waals surface area contributed by atoms with Gasteiger partial charge in [-0.1, -0.05) is 50.3 Å². The van der Waals surface area contributed by atoms with Crippen LogP contribution in [0.1, 0.15) is 41.0 Å².